The van der Waals surface area contributed by atoms with Gasteiger partial charge in [0.25, 0.3) is 0 Å². The van der Waals surface area contributed by atoms with Crippen molar-refractivity contribution in [2.75, 3.05) is 33.3 Å². The predicted molar refractivity (Wildman–Crippen MR) is 55.2 cm³/mol. The van der Waals surface area contributed by atoms with Gasteiger partial charge >= 0.3 is 5.97 Å². The third-order valence-corrected chi connectivity index (χ3v) is 2.56. The summed E-state index contributed by atoms with van der Waals surface area (Å²) in [6.07, 6.45) is 2.24. The molecular formula is C10H20N2O2. The van der Waals surface area contributed by atoms with Crippen molar-refractivity contribution in [3.8, 4) is 0 Å². The molecule has 0 aromatic carbocycles. The van der Waals surface area contributed by atoms with Crippen LogP contribution in [0.15, 0.2) is 0 Å². The van der Waals surface area contributed by atoms with Crippen LogP contribution in [0.1, 0.15) is 19.8 Å². The lowest BCUT2D eigenvalue weighted by molar-refractivity contribution is -0.142. The molecule has 0 saturated carbocycles. The highest BCUT2D eigenvalue weighted by Crippen LogP contribution is 2.07. The molecular weight excluding hydrogens is 180 g/mol. The van der Waals surface area contributed by atoms with E-state index >= 15 is 0 Å². The minimum absolute atomic E-state index is 0.147. The van der Waals surface area contributed by atoms with E-state index in [1.807, 2.05) is 6.92 Å². The minimum atomic E-state index is -0.147. The van der Waals surface area contributed by atoms with Crippen LogP contribution in [0.3, 0.4) is 0 Å². The molecule has 0 amide bonds. The largest absolute Gasteiger partial charge is 0.465 e. The highest BCUT2D eigenvalue weighted by molar-refractivity contribution is 5.71. The molecule has 1 N–H and O–H groups in total. The number of hydrogen-bond acceptors (Lipinski definition) is 4. The zero-order valence-corrected chi connectivity index (χ0v) is 9.08. The summed E-state index contributed by atoms with van der Waals surface area (Å²) in [5, 5.41) is 3.23. The molecule has 0 radical (unpaired) electrons. The van der Waals surface area contributed by atoms with Gasteiger partial charge in [0, 0.05) is 6.04 Å². The Bertz CT molecular complexity index is 177. The van der Waals surface area contributed by atoms with Gasteiger partial charge in [-0.05, 0) is 39.9 Å². The number of nitrogens with one attached hydrogen (secondary N) is 1. The lowest BCUT2D eigenvalue weighted by Gasteiger charge is -2.29. The van der Waals surface area contributed by atoms with Crippen molar-refractivity contribution in [3.63, 3.8) is 0 Å². The summed E-state index contributed by atoms with van der Waals surface area (Å²) in [6.45, 7) is 4.87. The van der Waals surface area contributed by atoms with Crippen LogP contribution in [-0.4, -0.2) is 50.2 Å². The summed E-state index contributed by atoms with van der Waals surface area (Å²) >= 11 is 0. The Labute approximate surface area is 85.6 Å². The summed E-state index contributed by atoms with van der Waals surface area (Å²) in [7, 11) is 2.13. The minimum Gasteiger partial charge on any atom is -0.465 e. The molecule has 82 valence electrons. The van der Waals surface area contributed by atoms with Crippen LogP contribution < -0.4 is 5.32 Å². The van der Waals surface area contributed by atoms with Crippen molar-refractivity contribution < 1.29 is 9.53 Å². The fourth-order valence-corrected chi connectivity index (χ4v) is 1.65. The molecule has 0 spiro atoms. The monoisotopic (exact) mass is 200 g/mol. The molecule has 0 bridgehead atoms. The van der Waals surface area contributed by atoms with Gasteiger partial charge in [-0.15, -0.1) is 0 Å². The first-order chi connectivity index (χ1) is 6.72. The Morgan fingerprint density at radius 1 is 1.50 bits per heavy atom. The molecule has 0 aliphatic carbocycles. The molecule has 1 saturated heterocycles. The topological polar surface area (TPSA) is 41.6 Å². The number of rotatable bonds is 4. The molecule has 0 unspecified atom stereocenters. The maximum absolute atomic E-state index is 11.1. The molecule has 14 heavy (non-hydrogen) atoms. The highest BCUT2D eigenvalue weighted by atomic mass is 16.5. The van der Waals surface area contributed by atoms with Gasteiger partial charge in [0.1, 0.15) is 0 Å². The summed E-state index contributed by atoms with van der Waals surface area (Å²) in [6, 6.07) is 0.482. The first-order valence-electron chi connectivity index (χ1n) is 5.30. The number of carbonyl (C=O) groups excluding carboxylic acids is 1. The quantitative estimate of drug-likeness (QED) is 0.660. The Morgan fingerprint density at radius 2 is 2.14 bits per heavy atom. The molecule has 4 nitrogen and oxygen atoms in total. The molecule has 0 aromatic rings. The van der Waals surface area contributed by atoms with Crippen molar-refractivity contribution in [3.05, 3.63) is 0 Å². The number of ether oxygens (including phenoxy) is 1. The van der Waals surface area contributed by atoms with Crippen LogP contribution in [0.4, 0.5) is 0 Å². The zero-order valence-electron chi connectivity index (χ0n) is 9.08. The fraction of sp³-hybridized carbons (Fsp3) is 0.900. The lowest BCUT2D eigenvalue weighted by Crippen LogP contribution is -2.42. The molecule has 4 heteroatoms. The third kappa shape index (κ3) is 4.07. The second-order valence-corrected chi connectivity index (χ2v) is 3.76. The number of likely N-dealkylation sites (tertiary alicyclic amines) is 1. The van der Waals surface area contributed by atoms with E-state index in [9.17, 15) is 4.79 Å². The van der Waals surface area contributed by atoms with E-state index in [0.717, 1.165) is 25.9 Å². The number of piperidine rings is 1. The van der Waals surface area contributed by atoms with E-state index in [0.29, 0.717) is 19.2 Å². The van der Waals surface area contributed by atoms with E-state index in [2.05, 4.69) is 17.3 Å². The second-order valence-electron chi connectivity index (χ2n) is 3.76. The molecule has 0 aromatic heterocycles. The van der Waals surface area contributed by atoms with Crippen LogP contribution in [0.2, 0.25) is 0 Å². The van der Waals surface area contributed by atoms with Gasteiger partial charge in [0.05, 0.1) is 13.2 Å². The SMILES string of the molecule is CCOC(=O)CNC1CCN(C)CC1. The van der Waals surface area contributed by atoms with Crippen molar-refractivity contribution in [2.24, 2.45) is 0 Å². The van der Waals surface area contributed by atoms with E-state index in [1.54, 1.807) is 0 Å². The average Bonchev–Trinajstić information content (AvgIpc) is 2.17. The first-order valence-corrected chi connectivity index (χ1v) is 5.30. The van der Waals surface area contributed by atoms with Crippen molar-refractivity contribution >= 4 is 5.97 Å². The summed E-state index contributed by atoms with van der Waals surface area (Å²) in [5.41, 5.74) is 0. The number of hydrogen-bond donors (Lipinski definition) is 1. The van der Waals surface area contributed by atoms with Crippen LogP contribution in [0, 0.1) is 0 Å². The Morgan fingerprint density at radius 3 is 2.71 bits per heavy atom. The van der Waals surface area contributed by atoms with E-state index in [-0.39, 0.29) is 5.97 Å². The summed E-state index contributed by atoms with van der Waals surface area (Å²) < 4.78 is 4.84. The molecule has 1 aliphatic rings. The molecule has 1 aliphatic heterocycles. The van der Waals surface area contributed by atoms with E-state index in [4.69, 9.17) is 4.74 Å². The van der Waals surface area contributed by atoms with Crippen LogP contribution in [0.25, 0.3) is 0 Å². The average molecular weight is 200 g/mol. The number of nitrogens with zero attached hydrogens (tertiary/aromatic N) is 1. The molecule has 1 rings (SSSR count). The Hall–Kier alpha value is -0.610. The first kappa shape index (κ1) is 11.5. The fourth-order valence-electron chi connectivity index (χ4n) is 1.65. The van der Waals surface area contributed by atoms with Crippen molar-refractivity contribution in [1.29, 1.82) is 0 Å². The smallest absolute Gasteiger partial charge is 0.319 e. The van der Waals surface area contributed by atoms with Gasteiger partial charge in [-0.25, -0.2) is 0 Å². The van der Waals surface area contributed by atoms with Crippen LogP contribution >= 0.6 is 0 Å². The van der Waals surface area contributed by atoms with E-state index < -0.39 is 0 Å². The maximum atomic E-state index is 11.1. The van der Waals surface area contributed by atoms with Gasteiger partial charge in [-0.1, -0.05) is 0 Å². The summed E-state index contributed by atoms with van der Waals surface area (Å²) in [5.74, 6) is -0.147. The van der Waals surface area contributed by atoms with Crippen LogP contribution in [-0.2, 0) is 9.53 Å². The normalized spacial score (nSPS) is 19.6. The van der Waals surface area contributed by atoms with Gasteiger partial charge < -0.3 is 15.0 Å². The van der Waals surface area contributed by atoms with Gasteiger partial charge in [0.15, 0.2) is 0 Å². The Balaban J connectivity index is 2.09. The van der Waals surface area contributed by atoms with Crippen molar-refractivity contribution in [2.45, 2.75) is 25.8 Å². The number of esters is 1. The summed E-state index contributed by atoms with van der Waals surface area (Å²) in [4.78, 5) is 13.4. The van der Waals surface area contributed by atoms with E-state index in [1.165, 1.54) is 0 Å². The third-order valence-electron chi connectivity index (χ3n) is 2.56. The standard InChI is InChI=1S/C10H20N2O2/c1-3-14-10(13)8-11-9-4-6-12(2)7-5-9/h9,11H,3-8H2,1-2H3. The molecule has 1 fully saturated rings. The van der Waals surface area contributed by atoms with Crippen molar-refractivity contribution in [1.82, 2.24) is 10.2 Å². The van der Waals surface area contributed by atoms with Gasteiger partial charge in [-0.2, -0.15) is 0 Å². The van der Waals surface area contributed by atoms with Gasteiger partial charge in [0.2, 0.25) is 0 Å². The predicted octanol–water partition coefficient (Wildman–Crippen LogP) is 0.233. The van der Waals surface area contributed by atoms with Gasteiger partial charge in [-0.3, -0.25) is 4.79 Å². The highest BCUT2D eigenvalue weighted by Gasteiger charge is 2.16. The molecule has 1 heterocycles. The lowest BCUT2D eigenvalue weighted by atomic mass is 10.1. The molecule has 0 atom stereocenters. The maximum Gasteiger partial charge on any atom is 0.319 e. The second kappa shape index (κ2) is 5.98. The van der Waals surface area contributed by atoms with Crippen LogP contribution in [0.5, 0.6) is 0 Å². The zero-order chi connectivity index (χ0) is 10.4. The number of carbonyl (C=O) groups is 1. The Kier molecular flexibility index (Phi) is 4.90.